The van der Waals surface area contributed by atoms with Gasteiger partial charge in [-0.15, -0.1) is 0 Å². The lowest BCUT2D eigenvalue weighted by Crippen LogP contribution is -2.25. The van der Waals surface area contributed by atoms with E-state index in [0.29, 0.717) is 17.7 Å². The highest BCUT2D eigenvalue weighted by Gasteiger charge is 2.33. The first-order valence-corrected chi connectivity index (χ1v) is 10.4. The topological polar surface area (TPSA) is 84.9 Å². The fourth-order valence-corrected chi connectivity index (χ4v) is 4.03. The van der Waals surface area contributed by atoms with Gasteiger partial charge in [-0.1, -0.05) is 19.9 Å². The number of rotatable bonds is 7. The Bertz CT molecular complexity index is 1280. The van der Waals surface area contributed by atoms with Crippen LogP contribution in [0.3, 0.4) is 0 Å². The molecular formula is C25H25FN4O3. The molecule has 2 heterocycles. The second-order valence-electron chi connectivity index (χ2n) is 8.67. The smallest absolute Gasteiger partial charge is 0.272 e. The van der Waals surface area contributed by atoms with Gasteiger partial charge >= 0.3 is 0 Å². The molecule has 0 radical (unpaired) electrons. The SMILES string of the molecule is [C-]#[N+]c1cc(NC(=O)c2c(C)c(C(=O)C(=O)CC(C)(C)C3=CCC=N3)c(C)n2C)ccc1F. The molecule has 170 valence electrons. The van der Waals surface area contributed by atoms with Gasteiger partial charge in [0.05, 0.1) is 12.1 Å². The maximum atomic E-state index is 13.6. The first kappa shape index (κ1) is 23.8. The van der Waals surface area contributed by atoms with Crippen LogP contribution in [0.15, 0.2) is 35.0 Å². The van der Waals surface area contributed by atoms with E-state index in [-0.39, 0.29) is 29.1 Å². The van der Waals surface area contributed by atoms with Crippen molar-refractivity contribution >= 4 is 35.1 Å². The van der Waals surface area contributed by atoms with Crippen molar-refractivity contribution in [3.05, 3.63) is 69.7 Å². The van der Waals surface area contributed by atoms with Crippen LogP contribution in [0, 0.1) is 31.7 Å². The van der Waals surface area contributed by atoms with Crippen LogP contribution in [-0.4, -0.2) is 28.3 Å². The van der Waals surface area contributed by atoms with Gasteiger partial charge in [0.25, 0.3) is 5.91 Å². The van der Waals surface area contributed by atoms with Gasteiger partial charge in [0.15, 0.2) is 0 Å². The van der Waals surface area contributed by atoms with Crippen LogP contribution >= 0.6 is 0 Å². The van der Waals surface area contributed by atoms with Crippen LogP contribution < -0.4 is 5.32 Å². The van der Waals surface area contributed by atoms with Gasteiger partial charge in [0.2, 0.25) is 17.3 Å². The average molecular weight is 448 g/mol. The Morgan fingerprint density at radius 2 is 1.97 bits per heavy atom. The highest BCUT2D eigenvalue weighted by atomic mass is 19.1. The molecule has 0 saturated heterocycles. The second-order valence-corrected chi connectivity index (χ2v) is 8.67. The number of hydrogen-bond donors (Lipinski definition) is 1. The predicted molar refractivity (Wildman–Crippen MR) is 124 cm³/mol. The van der Waals surface area contributed by atoms with Gasteiger partial charge in [-0.3, -0.25) is 19.4 Å². The van der Waals surface area contributed by atoms with E-state index in [9.17, 15) is 18.8 Å². The Hall–Kier alpha value is -3.86. The van der Waals surface area contributed by atoms with E-state index in [4.69, 9.17) is 6.57 Å². The van der Waals surface area contributed by atoms with Crippen molar-refractivity contribution in [2.45, 2.75) is 40.5 Å². The number of benzene rings is 1. The van der Waals surface area contributed by atoms with Crippen molar-refractivity contribution in [2.75, 3.05) is 5.32 Å². The highest BCUT2D eigenvalue weighted by molar-refractivity contribution is 6.44. The highest BCUT2D eigenvalue weighted by Crippen LogP contribution is 2.34. The quantitative estimate of drug-likeness (QED) is 0.363. The minimum atomic E-state index is -0.678. The van der Waals surface area contributed by atoms with Crippen molar-refractivity contribution in [3.8, 4) is 0 Å². The molecule has 1 aliphatic heterocycles. The van der Waals surface area contributed by atoms with Crippen LogP contribution in [-0.2, 0) is 11.8 Å². The van der Waals surface area contributed by atoms with Crippen LogP contribution in [0.1, 0.15) is 58.8 Å². The molecule has 3 rings (SSSR count). The monoisotopic (exact) mass is 448 g/mol. The zero-order chi connectivity index (χ0) is 24.5. The zero-order valence-corrected chi connectivity index (χ0v) is 19.2. The molecule has 7 nitrogen and oxygen atoms in total. The molecule has 0 fully saturated rings. The third-order valence-corrected chi connectivity index (χ3v) is 5.89. The van der Waals surface area contributed by atoms with E-state index >= 15 is 0 Å². The minimum absolute atomic E-state index is 0.000703. The maximum absolute atomic E-state index is 13.6. The molecule has 1 aliphatic rings. The largest absolute Gasteiger partial charge is 0.343 e. The first-order valence-electron chi connectivity index (χ1n) is 10.4. The van der Waals surface area contributed by atoms with Gasteiger partial charge in [-0.25, -0.2) is 9.24 Å². The van der Waals surface area contributed by atoms with Gasteiger partial charge in [0.1, 0.15) is 11.5 Å². The van der Waals surface area contributed by atoms with E-state index in [2.05, 4.69) is 15.2 Å². The number of anilines is 1. The Labute approximate surface area is 191 Å². The number of Topliss-reactive ketones (excluding diaryl/α,β-unsaturated/α-hetero) is 2. The third-order valence-electron chi connectivity index (χ3n) is 5.89. The Morgan fingerprint density at radius 1 is 1.27 bits per heavy atom. The fraction of sp³-hybridized carbons (Fsp3) is 0.320. The molecule has 1 aromatic heterocycles. The van der Waals surface area contributed by atoms with E-state index in [1.165, 1.54) is 12.1 Å². The van der Waals surface area contributed by atoms with Crippen LogP contribution in [0.4, 0.5) is 15.8 Å². The van der Waals surface area contributed by atoms with E-state index in [0.717, 1.165) is 11.8 Å². The first-order chi connectivity index (χ1) is 15.5. The van der Waals surface area contributed by atoms with Crippen molar-refractivity contribution in [2.24, 2.45) is 17.5 Å². The number of aliphatic imine (C=N–C) groups is 1. The summed E-state index contributed by atoms with van der Waals surface area (Å²) in [7, 11) is 1.63. The second kappa shape index (κ2) is 8.94. The molecule has 0 bridgehead atoms. The molecule has 0 aliphatic carbocycles. The Morgan fingerprint density at radius 3 is 2.58 bits per heavy atom. The van der Waals surface area contributed by atoms with Crippen LogP contribution in [0.5, 0.6) is 0 Å². The molecule has 0 saturated carbocycles. The Balaban J connectivity index is 1.87. The number of hydrogen-bond acceptors (Lipinski definition) is 4. The summed E-state index contributed by atoms with van der Waals surface area (Å²) in [6.07, 6.45) is 4.41. The molecule has 1 N–H and O–H groups in total. The number of carbonyl (C=O) groups is 3. The average Bonchev–Trinajstić information content (AvgIpc) is 3.37. The maximum Gasteiger partial charge on any atom is 0.272 e. The number of ketones is 2. The van der Waals surface area contributed by atoms with Crippen molar-refractivity contribution in [1.82, 2.24) is 4.57 Å². The molecule has 1 amide bonds. The van der Waals surface area contributed by atoms with E-state index < -0.39 is 28.7 Å². The zero-order valence-electron chi connectivity index (χ0n) is 19.2. The number of halogens is 1. The predicted octanol–water partition coefficient (Wildman–Crippen LogP) is 5.11. The molecular weight excluding hydrogens is 423 g/mol. The van der Waals surface area contributed by atoms with E-state index in [1.807, 2.05) is 19.9 Å². The van der Waals surface area contributed by atoms with Crippen LogP contribution in [0.2, 0.25) is 0 Å². The third kappa shape index (κ3) is 4.53. The molecule has 1 aromatic carbocycles. The summed E-state index contributed by atoms with van der Waals surface area (Å²) in [6, 6.07) is 3.69. The number of aromatic nitrogens is 1. The normalized spacial score (nSPS) is 12.9. The molecule has 0 spiro atoms. The summed E-state index contributed by atoms with van der Waals surface area (Å²) < 4.78 is 15.1. The Kier molecular flexibility index (Phi) is 6.45. The minimum Gasteiger partial charge on any atom is -0.343 e. The van der Waals surface area contributed by atoms with Crippen LogP contribution in [0.25, 0.3) is 4.85 Å². The molecule has 8 heteroatoms. The van der Waals surface area contributed by atoms with Gasteiger partial charge in [-0.05, 0) is 37.6 Å². The van der Waals surface area contributed by atoms with Crippen molar-refractivity contribution in [1.29, 1.82) is 0 Å². The number of carbonyl (C=O) groups excluding carboxylic acids is 3. The molecule has 33 heavy (non-hydrogen) atoms. The van der Waals surface area contributed by atoms with Gasteiger partial charge in [0, 0.05) is 48.6 Å². The van der Waals surface area contributed by atoms with Crippen molar-refractivity contribution in [3.63, 3.8) is 0 Å². The summed E-state index contributed by atoms with van der Waals surface area (Å²) in [5.74, 6) is -2.40. The molecule has 0 atom stereocenters. The number of amides is 1. The standard InChI is InChI=1S/C25H25FN4O3/c1-14-21(23(32)19(31)13-25(3,4)20-8-7-11-28-20)15(2)30(6)22(14)24(33)29-16-9-10-17(26)18(12-16)27-5/h8-12H,7,13H2,1-4,6H3,(H,29,33). The lowest BCUT2D eigenvalue weighted by atomic mass is 9.82. The van der Waals surface area contributed by atoms with Gasteiger partial charge < -0.3 is 9.88 Å². The molecule has 0 unspecified atom stereocenters. The lowest BCUT2D eigenvalue weighted by Gasteiger charge is -2.23. The van der Waals surface area contributed by atoms with Crippen molar-refractivity contribution < 1.29 is 18.8 Å². The number of allylic oxidation sites excluding steroid dienone is 2. The summed E-state index contributed by atoms with van der Waals surface area (Å²) in [6.45, 7) is 14.1. The summed E-state index contributed by atoms with van der Waals surface area (Å²) >= 11 is 0. The molecule has 2 aromatic rings. The fourth-order valence-electron chi connectivity index (χ4n) is 4.03. The number of nitrogens with one attached hydrogen (secondary N) is 1. The summed E-state index contributed by atoms with van der Waals surface area (Å²) in [4.78, 5) is 46.4. The summed E-state index contributed by atoms with van der Waals surface area (Å²) in [5.41, 5.74) is 1.53. The van der Waals surface area contributed by atoms with Gasteiger partial charge in [-0.2, -0.15) is 0 Å². The lowest BCUT2D eigenvalue weighted by molar-refractivity contribution is -0.116. The summed E-state index contributed by atoms with van der Waals surface area (Å²) in [5, 5.41) is 2.64. The number of nitrogens with zero attached hydrogens (tertiary/aromatic N) is 3. The van der Waals surface area contributed by atoms with E-state index in [1.54, 1.807) is 31.7 Å².